The van der Waals surface area contributed by atoms with Crippen molar-refractivity contribution in [2.45, 2.75) is 44.4 Å². The van der Waals surface area contributed by atoms with Gasteiger partial charge in [-0.1, -0.05) is 13.8 Å². The fourth-order valence-corrected chi connectivity index (χ4v) is 2.88. The van der Waals surface area contributed by atoms with Crippen molar-refractivity contribution >= 4 is 17.5 Å². The summed E-state index contributed by atoms with van der Waals surface area (Å²) in [6.07, 6.45) is 0.164. The Hall–Kier alpha value is -3.63. The highest BCUT2D eigenvalue weighted by Gasteiger charge is 2.67. The number of likely N-dealkylation sites (tertiary alicyclic amines) is 2. The summed E-state index contributed by atoms with van der Waals surface area (Å²) in [5, 5.41) is 42.1. The molecule has 17 heteroatoms. The second-order valence-electron chi connectivity index (χ2n) is 7.35. The zero-order chi connectivity index (χ0) is 24.9. The molecule has 0 saturated carbocycles. The quantitative estimate of drug-likeness (QED) is 0.164. The molecule has 2 aliphatic heterocycles. The molecule has 0 bridgehead atoms. The van der Waals surface area contributed by atoms with Crippen molar-refractivity contribution in [3.63, 3.8) is 0 Å². The third-order valence-corrected chi connectivity index (χ3v) is 5.09. The minimum Gasteiger partial charge on any atom is -0.314 e. The zero-order valence-electron chi connectivity index (χ0n) is 17.3. The molecule has 0 atom stereocenters. The Kier molecular flexibility index (Phi) is 8.35. The second-order valence-corrected chi connectivity index (χ2v) is 7.35. The van der Waals surface area contributed by atoms with Crippen molar-refractivity contribution in [1.29, 1.82) is 0 Å². The number of nitro groups is 4. The maximum Gasteiger partial charge on any atom is 0.492 e. The molecule has 2 rings (SSSR count). The number of rotatable bonds is 10. The van der Waals surface area contributed by atoms with Gasteiger partial charge in [0.15, 0.2) is 13.1 Å². The molecule has 0 aliphatic carbocycles. The van der Waals surface area contributed by atoms with Crippen LogP contribution in [0.3, 0.4) is 0 Å². The lowest BCUT2D eigenvalue weighted by Gasteiger charge is -2.35. The van der Waals surface area contributed by atoms with Gasteiger partial charge in [0, 0.05) is 12.8 Å². The number of hydrogen-bond donors (Lipinski definition) is 0. The summed E-state index contributed by atoms with van der Waals surface area (Å²) in [4.78, 5) is 74.0. The molecule has 0 spiro atoms. The number of Topliss-reactive ketones (excluding diaryl/α,β-unsaturated/α-hetero) is 2. The van der Waals surface area contributed by atoms with Crippen molar-refractivity contribution in [1.82, 2.24) is 9.80 Å². The predicted octanol–water partition coefficient (Wildman–Crippen LogP) is -1.02. The maximum atomic E-state index is 11.4. The van der Waals surface area contributed by atoms with E-state index < -0.39 is 50.0 Å². The Balaban J connectivity index is 0.000000323. The normalized spacial score (nSPS) is 18.1. The van der Waals surface area contributed by atoms with Crippen LogP contribution in [0.2, 0.25) is 0 Å². The SMILES string of the molecule is CCC(=O)CC(=O)N1CC([N+](=O)[O-])([N+](=O)[O-])C1.CCC(=O)CN1CC([N+](=O)[O-])([N+](=O)[O-])C1. The van der Waals surface area contributed by atoms with Crippen molar-refractivity contribution in [3.05, 3.63) is 40.5 Å². The fraction of sp³-hybridized carbons (Fsp3) is 0.800. The van der Waals surface area contributed by atoms with Crippen LogP contribution in [-0.4, -0.2) is 91.0 Å². The summed E-state index contributed by atoms with van der Waals surface area (Å²) in [7, 11) is 0. The van der Waals surface area contributed by atoms with Gasteiger partial charge in [0.05, 0.1) is 13.0 Å². The molecule has 2 fully saturated rings. The van der Waals surface area contributed by atoms with Gasteiger partial charge in [-0.15, -0.1) is 0 Å². The lowest BCUT2D eigenvalue weighted by atomic mass is 10.0. The van der Waals surface area contributed by atoms with Crippen LogP contribution in [0.15, 0.2) is 0 Å². The van der Waals surface area contributed by atoms with Crippen LogP contribution < -0.4 is 0 Å². The summed E-state index contributed by atoms with van der Waals surface area (Å²) in [6, 6.07) is 0. The molecule has 0 aromatic rings. The molecule has 2 heterocycles. The molecular weight excluding hydrogens is 440 g/mol. The number of carbonyl (C=O) groups is 3. The highest BCUT2D eigenvalue weighted by molar-refractivity contribution is 5.98. The number of carbonyl (C=O) groups excluding carboxylic acids is 3. The van der Waals surface area contributed by atoms with Gasteiger partial charge in [0.1, 0.15) is 44.3 Å². The van der Waals surface area contributed by atoms with E-state index in [2.05, 4.69) is 0 Å². The van der Waals surface area contributed by atoms with Gasteiger partial charge in [0.25, 0.3) is 0 Å². The van der Waals surface area contributed by atoms with E-state index >= 15 is 0 Å². The molecule has 2 saturated heterocycles. The standard InChI is InChI=1S/C8H11N3O6.C7H11N3O5/c1-2-6(12)3-7(13)9-4-8(5-9,10(14)15)11(16)17;1-2-6(11)3-8-4-7(5-8,9(12)13)10(14)15/h2-5H2,1H3;2-5H2,1H3. The Morgan fingerprint density at radius 3 is 1.44 bits per heavy atom. The molecular formula is C15H22N6O11. The Labute approximate surface area is 179 Å². The van der Waals surface area contributed by atoms with E-state index in [1.54, 1.807) is 13.8 Å². The van der Waals surface area contributed by atoms with Crippen molar-refractivity contribution < 1.29 is 34.1 Å². The van der Waals surface area contributed by atoms with Crippen LogP contribution in [0.1, 0.15) is 33.1 Å². The first-order valence-electron chi connectivity index (χ1n) is 9.37. The highest BCUT2D eigenvalue weighted by Crippen LogP contribution is 2.26. The van der Waals surface area contributed by atoms with Gasteiger partial charge in [-0.2, -0.15) is 0 Å². The first kappa shape index (κ1) is 26.4. The van der Waals surface area contributed by atoms with Crippen LogP contribution in [0.5, 0.6) is 0 Å². The third-order valence-electron chi connectivity index (χ3n) is 5.09. The monoisotopic (exact) mass is 462 g/mol. The van der Waals surface area contributed by atoms with Gasteiger partial charge in [-0.3, -0.25) is 59.7 Å². The molecule has 2 aliphatic rings. The smallest absolute Gasteiger partial charge is 0.314 e. The molecule has 0 radical (unpaired) electrons. The van der Waals surface area contributed by atoms with E-state index in [0.717, 1.165) is 4.90 Å². The average molecular weight is 462 g/mol. The molecule has 32 heavy (non-hydrogen) atoms. The predicted molar refractivity (Wildman–Crippen MR) is 102 cm³/mol. The first-order chi connectivity index (χ1) is 14.7. The summed E-state index contributed by atoms with van der Waals surface area (Å²) >= 11 is 0. The van der Waals surface area contributed by atoms with Crippen LogP contribution in [0.25, 0.3) is 0 Å². The molecule has 0 aromatic heterocycles. The minimum atomic E-state index is -2.30. The Morgan fingerprint density at radius 2 is 1.09 bits per heavy atom. The maximum absolute atomic E-state index is 11.4. The fourth-order valence-electron chi connectivity index (χ4n) is 2.88. The Morgan fingerprint density at radius 1 is 0.719 bits per heavy atom. The van der Waals surface area contributed by atoms with E-state index in [4.69, 9.17) is 0 Å². The minimum absolute atomic E-state index is 0.0555. The van der Waals surface area contributed by atoms with Gasteiger partial charge in [0.2, 0.25) is 5.91 Å². The van der Waals surface area contributed by atoms with E-state index in [1.807, 2.05) is 0 Å². The van der Waals surface area contributed by atoms with Gasteiger partial charge in [-0.05, 0) is 0 Å². The number of ketones is 2. The summed E-state index contributed by atoms with van der Waals surface area (Å²) < 4.78 is 0. The molecule has 0 N–H and O–H groups in total. The van der Waals surface area contributed by atoms with Gasteiger partial charge < -0.3 is 4.90 Å². The van der Waals surface area contributed by atoms with Crippen LogP contribution in [-0.2, 0) is 14.4 Å². The van der Waals surface area contributed by atoms with Crippen LogP contribution in [0.4, 0.5) is 0 Å². The van der Waals surface area contributed by atoms with E-state index in [9.17, 15) is 54.8 Å². The lowest BCUT2D eigenvalue weighted by Crippen LogP contribution is -2.71. The van der Waals surface area contributed by atoms with Crippen molar-refractivity contribution in [2.24, 2.45) is 0 Å². The zero-order valence-corrected chi connectivity index (χ0v) is 17.3. The molecule has 17 nitrogen and oxygen atoms in total. The van der Waals surface area contributed by atoms with E-state index in [-0.39, 0.29) is 44.0 Å². The summed E-state index contributed by atoms with van der Waals surface area (Å²) in [6.45, 7) is 1.57. The van der Waals surface area contributed by atoms with Crippen LogP contribution in [0, 0.1) is 40.5 Å². The largest absolute Gasteiger partial charge is 0.492 e. The molecule has 1 amide bonds. The third kappa shape index (κ3) is 5.34. The van der Waals surface area contributed by atoms with Crippen molar-refractivity contribution in [2.75, 3.05) is 32.7 Å². The summed E-state index contributed by atoms with van der Waals surface area (Å²) in [5.74, 6) is -0.971. The van der Waals surface area contributed by atoms with Crippen LogP contribution >= 0.6 is 0 Å². The van der Waals surface area contributed by atoms with Crippen molar-refractivity contribution in [3.8, 4) is 0 Å². The van der Waals surface area contributed by atoms with E-state index in [1.165, 1.54) is 4.90 Å². The molecule has 0 aromatic carbocycles. The molecule has 178 valence electrons. The first-order valence-corrected chi connectivity index (χ1v) is 9.37. The highest BCUT2D eigenvalue weighted by atomic mass is 16.7. The molecule has 0 unspecified atom stereocenters. The van der Waals surface area contributed by atoms with Gasteiger partial charge in [-0.25, -0.2) is 0 Å². The lowest BCUT2D eigenvalue weighted by molar-refractivity contribution is -0.810. The summed E-state index contributed by atoms with van der Waals surface area (Å²) in [5.41, 5.74) is -4.40. The average Bonchev–Trinajstić information content (AvgIpc) is 2.62. The number of amides is 1. The Bertz CT molecular complexity index is 800. The van der Waals surface area contributed by atoms with E-state index in [0.29, 0.717) is 6.42 Å². The second kappa shape index (κ2) is 10.1. The number of hydrogen-bond acceptors (Lipinski definition) is 12. The number of nitrogens with zero attached hydrogens (tertiary/aromatic N) is 6. The topological polar surface area (TPSA) is 230 Å². The van der Waals surface area contributed by atoms with Gasteiger partial charge >= 0.3 is 11.3 Å².